The van der Waals surface area contributed by atoms with E-state index in [-0.39, 0.29) is 16.5 Å². The Kier molecular flexibility index (Phi) is 6.51. The molecule has 2 saturated heterocycles. The summed E-state index contributed by atoms with van der Waals surface area (Å²) in [5.41, 5.74) is 5.15. The van der Waals surface area contributed by atoms with Gasteiger partial charge in [0.05, 0.1) is 16.3 Å². The molecule has 3 heterocycles. The van der Waals surface area contributed by atoms with E-state index in [1.54, 1.807) is 42.3 Å². The van der Waals surface area contributed by atoms with Crippen LogP contribution in [0.2, 0.25) is 5.02 Å². The highest BCUT2D eigenvalue weighted by atomic mass is 35.5. The molecule has 0 spiro atoms. The molecule has 2 aliphatic heterocycles. The van der Waals surface area contributed by atoms with Crippen molar-refractivity contribution >= 4 is 58.0 Å². The highest BCUT2D eigenvalue weighted by Crippen LogP contribution is 2.35. The van der Waals surface area contributed by atoms with Crippen molar-refractivity contribution in [2.75, 3.05) is 29.9 Å². The van der Waals surface area contributed by atoms with Crippen LogP contribution in [0, 0.1) is 24.0 Å². The average molecular weight is 536 g/mol. The second-order valence-electron chi connectivity index (χ2n) is 9.27. The number of nitro benzene ring substituents is 1. The number of benzene rings is 2. The third-order valence-electron chi connectivity index (χ3n) is 6.97. The number of thiocarbonyl (C=S) groups is 1. The maximum atomic E-state index is 13.4. The normalized spacial score (nSPS) is 17.0. The molecular weight excluding hydrogens is 510 g/mol. The maximum absolute atomic E-state index is 13.4. The fraction of sp³-hybridized carbons (Fsp3) is 0.259. The lowest BCUT2D eigenvalue weighted by molar-refractivity contribution is -0.384. The summed E-state index contributed by atoms with van der Waals surface area (Å²) >= 11 is 11.6. The highest BCUT2D eigenvalue weighted by molar-refractivity contribution is 7.80. The molecular formula is C27H26ClN5O3S. The summed E-state index contributed by atoms with van der Waals surface area (Å²) in [6.07, 6.45) is 3.90. The first-order chi connectivity index (χ1) is 17.7. The number of nitro groups is 1. The van der Waals surface area contributed by atoms with Crippen molar-refractivity contribution in [1.29, 1.82) is 0 Å². The third kappa shape index (κ3) is 4.38. The van der Waals surface area contributed by atoms with E-state index in [9.17, 15) is 14.9 Å². The summed E-state index contributed by atoms with van der Waals surface area (Å²) < 4.78 is 1.97. The van der Waals surface area contributed by atoms with Gasteiger partial charge in [-0.3, -0.25) is 19.8 Å². The van der Waals surface area contributed by atoms with Gasteiger partial charge in [0.1, 0.15) is 11.4 Å². The monoisotopic (exact) mass is 535 g/mol. The Morgan fingerprint density at radius 1 is 1.03 bits per heavy atom. The highest BCUT2D eigenvalue weighted by Gasteiger charge is 2.37. The van der Waals surface area contributed by atoms with E-state index in [0.29, 0.717) is 32.9 Å². The van der Waals surface area contributed by atoms with E-state index in [1.807, 2.05) is 42.7 Å². The van der Waals surface area contributed by atoms with E-state index in [0.717, 1.165) is 42.9 Å². The number of likely N-dealkylation sites (N-methyl/N-ethyl adjacent to an activating group) is 1. The zero-order valence-corrected chi connectivity index (χ0v) is 22.3. The van der Waals surface area contributed by atoms with Gasteiger partial charge in [0.15, 0.2) is 5.11 Å². The number of nitrogens with zero attached hydrogens (tertiary/aromatic N) is 5. The minimum absolute atomic E-state index is 0.0986. The smallest absolute Gasteiger partial charge is 0.294 e. The Hall–Kier alpha value is -3.69. The summed E-state index contributed by atoms with van der Waals surface area (Å²) in [5.74, 6) is -0.231. The second kappa shape index (κ2) is 9.64. The molecule has 2 aromatic carbocycles. The molecule has 8 nitrogen and oxygen atoms in total. The molecule has 0 bridgehead atoms. The van der Waals surface area contributed by atoms with Crippen LogP contribution in [0.5, 0.6) is 0 Å². The number of aromatic nitrogens is 1. The van der Waals surface area contributed by atoms with Gasteiger partial charge in [-0.15, -0.1) is 0 Å². The van der Waals surface area contributed by atoms with Gasteiger partial charge < -0.3 is 14.4 Å². The van der Waals surface area contributed by atoms with Crippen molar-refractivity contribution in [3.8, 4) is 5.69 Å². The first kappa shape index (κ1) is 25.0. The van der Waals surface area contributed by atoms with E-state index < -0.39 is 0 Å². The summed E-state index contributed by atoms with van der Waals surface area (Å²) in [6.45, 7) is 5.54. The summed E-state index contributed by atoms with van der Waals surface area (Å²) in [7, 11) is 1.77. The molecule has 190 valence electrons. The third-order valence-corrected chi connectivity index (χ3v) is 7.68. The Morgan fingerprint density at radius 2 is 1.68 bits per heavy atom. The van der Waals surface area contributed by atoms with Crippen LogP contribution in [-0.2, 0) is 4.79 Å². The van der Waals surface area contributed by atoms with Gasteiger partial charge in [0, 0.05) is 42.6 Å². The number of carbonyl (C=O) groups excluding carboxylic acids is 1. The van der Waals surface area contributed by atoms with Crippen molar-refractivity contribution in [1.82, 2.24) is 9.47 Å². The molecule has 0 N–H and O–H groups in total. The van der Waals surface area contributed by atoms with Gasteiger partial charge in [-0.05, 0) is 93.0 Å². The Balaban J connectivity index is 1.52. The Morgan fingerprint density at radius 3 is 2.32 bits per heavy atom. The average Bonchev–Trinajstić information content (AvgIpc) is 3.55. The summed E-state index contributed by atoms with van der Waals surface area (Å²) in [5, 5.41) is 12.9. The van der Waals surface area contributed by atoms with Gasteiger partial charge in [-0.25, -0.2) is 0 Å². The number of rotatable bonds is 5. The van der Waals surface area contributed by atoms with Crippen molar-refractivity contribution in [3.63, 3.8) is 0 Å². The SMILES string of the molecule is Cc1cc(/C=C2/C(=O)N(c3ccc(Cl)cc3)C(=S)N2C)c(C)n1-c1ccc(N2CCCC2)c([N+](=O)[O-])c1. The zero-order valence-electron chi connectivity index (χ0n) is 20.8. The van der Waals surface area contributed by atoms with Crippen LogP contribution < -0.4 is 9.80 Å². The van der Waals surface area contributed by atoms with E-state index >= 15 is 0 Å². The Bertz CT molecular complexity index is 1460. The molecule has 2 aliphatic rings. The molecule has 5 rings (SSSR count). The van der Waals surface area contributed by atoms with Crippen LogP contribution in [-0.4, -0.2) is 45.5 Å². The molecule has 0 unspecified atom stereocenters. The molecule has 1 aromatic heterocycles. The first-order valence-corrected chi connectivity index (χ1v) is 12.8. The van der Waals surface area contributed by atoms with Crippen molar-refractivity contribution in [2.24, 2.45) is 0 Å². The molecule has 0 radical (unpaired) electrons. The number of halogens is 1. The van der Waals surface area contributed by atoms with Gasteiger partial charge >= 0.3 is 0 Å². The fourth-order valence-electron chi connectivity index (χ4n) is 5.08. The summed E-state index contributed by atoms with van der Waals surface area (Å²) in [4.78, 5) is 30.2. The van der Waals surface area contributed by atoms with E-state index in [4.69, 9.17) is 23.8 Å². The number of hydrogen-bond acceptors (Lipinski definition) is 5. The molecule has 0 saturated carbocycles. The van der Waals surface area contributed by atoms with Crippen molar-refractivity contribution in [3.05, 3.63) is 86.3 Å². The standard InChI is InChI=1S/C27H26ClN5O3S/c1-17-14-19(15-25-26(34)32(27(37)29(25)3)21-8-6-20(28)7-9-21)18(2)31(17)22-10-11-23(24(16-22)33(35)36)30-12-4-5-13-30/h6-11,14-16H,4-5,12-13H2,1-3H3/b25-15-. The van der Waals surface area contributed by atoms with E-state index in [2.05, 4.69) is 4.90 Å². The molecule has 2 fully saturated rings. The van der Waals surface area contributed by atoms with Crippen LogP contribution in [0.4, 0.5) is 17.1 Å². The number of carbonyl (C=O) groups is 1. The van der Waals surface area contributed by atoms with Crippen molar-refractivity contribution < 1.29 is 9.72 Å². The largest absolute Gasteiger partial charge is 0.366 e. The first-order valence-electron chi connectivity index (χ1n) is 12.0. The number of hydrogen-bond donors (Lipinski definition) is 0. The number of aryl methyl sites for hydroxylation is 1. The van der Waals surface area contributed by atoms with Crippen LogP contribution >= 0.6 is 23.8 Å². The number of amides is 1. The molecule has 0 atom stereocenters. The number of anilines is 2. The lowest BCUT2D eigenvalue weighted by atomic mass is 10.2. The van der Waals surface area contributed by atoms with E-state index in [1.165, 1.54) is 4.90 Å². The van der Waals surface area contributed by atoms with Crippen LogP contribution in [0.1, 0.15) is 29.8 Å². The zero-order chi connectivity index (χ0) is 26.4. The predicted molar refractivity (Wildman–Crippen MR) is 151 cm³/mol. The van der Waals surface area contributed by atoms with Gasteiger partial charge in [-0.2, -0.15) is 0 Å². The maximum Gasteiger partial charge on any atom is 0.294 e. The van der Waals surface area contributed by atoms with Gasteiger partial charge in [0.25, 0.3) is 11.6 Å². The van der Waals surface area contributed by atoms with Crippen LogP contribution in [0.15, 0.2) is 54.2 Å². The molecule has 37 heavy (non-hydrogen) atoms. The molecule has 1 amide bonds. The van der Waals surface area contributed by atoms with Crippen LogP contribution in [0.3, 0.4) is 0 Å². The fourth-order valence-corrected chi connectivity index (χ4v) is 5.49. The summed E-state index contributed by atoms with van der Waals surface area (Å²) in [6, 6.07) is 14.3. The van der Waals surface area contributed by atoms with Gasteiger partial charge in [0.2, 0.25) is 0 Å². The predicted octanol–water partition coefficient (Wildman–Crippen LogP) is 5.86. The Labute approximate surface area is 225 Å². The lowest BCUT2D eigenvalue weighted by Gasteiger charge is -2.19. The topological polar surface area (TPSA) is 74.9 Å². The van der Waals surface area contributed by atoms with Crippen LogP contribution in [0.25, 0.3) is 11.8 Å². The quantitative estimate of drug-likeness (QED) is 0.176. The lowest BCUT2D eigenvalue weighted by Crippen LogP contribution is -2.31. The minimum atomic E-state index is -0.313. The van der Waals surface area contributed by atoms with Crippen molar-refractivity contribution in [2.45, 2.75) is 26.7 Å². The second-order valence-corrected chi connectivity index (χ2v) is 10.1. The molecule has 3 aromatic rings. The molecule has 0 aliphatic carbocycles. The van der Waals surface area contributed by atoms with Gasteiger partial charge in [-0.1, -0.05) is 11.6 Å². The molecule has 10 heteroatoms. The minimum Gasteiger partial charge on any atom is -0.366 e.